The van der Waals surface area contributed by atoms with Gasteiger partial charge in [0, 0.05) is 10.4 Å². The Morgan fingerprint density at radius 2 is 2.07 bits per heavy atom. The summed E-state index contributed by atoms with van der Waals surface area (Å²) in [5, 5.41) is 12.0. The topological polar surface area (TPSA) is 46.2 Å². The predicted molar refractivity (Wildman–Crippen MR) is 63.5 cm³/mol. The van der Waals surface area contributed by atoms with Gasteiger partial charge < -0.3 is 10.8 Å². The largest absolute Gasteiger partial charge is 0.506 e. The van der Waals surface area contributed by atoms with E-state index < -0.39 is 0 Å². The first-order valence-corrected chi connectivity index (χ1v) is 5.72. The monoisotopic (exact) mass is 239 g/mol. The van der Waals surface area contributed by atoms with Gasteiger partial charge in [-0.05, 0) is 17.5 Å². The Morgan fingerprint density at radius 1 is 1.27 bits per heavy atom. The molecule has 1 aromatic carbocycles. The summed E-state index contributed by atoms with van der Waals surface area (Å²) in [5.41, 5.74) is 6.68. The van der Waals surface area contributed by atoms with Gasteiger partial charge in [-0.2, -0.15) is 0 Å². The van der Waals surface area contributed by atoms with Crippen LogP contribution in [-0.4, -0.2) is 5.11 Å². The Balaban J connectivity index is 2.42. The van der Waals surface area contributed by atoms with Crippen molar-refractivity contribution < 1.29 is 5.11 Å². The van der Waals surface area contributed by atoms with Crippen LogP contribution in [0.25, 0.3) is 0 Å². The SMILES string of the molecule is N[C@@H](c1cccs1)c1cccc(Cl)c1O. The van der Waals surface area contributed by atoms with E-state index in [4.69, 9.17) is 17.3 Å². The van der Waals surface area contributed by atoms with Crippen molar-refractivity contribution in [2.75, 3.05) is 0 Å². The van der Waals surface area contributed by atoms with Crippen LogP contribution in [0.2, 0.25) is 5.02 Å². The predicted octanol–water partition coefficient (Wildman–Crippen LogP) is 3.16. The molecule has 0 spiro atoms. The van der Waals surface area contributed by atoms with E-state index in [-0.39, 0.29) is 11.8 Å². The standard InChI is InChI=1S/C11H10ClNOS/c12-8-4-1-3-7(11(8)14)10(13)9-5-2-6-15-9/h1-6,10,14H,13H2/t10-/m1/s1. The van der Waals surface area contributed by atoms with E-state index in [1.165, 1.54) is 0 Å². The van der Waals surface area contributed by atoms with E-state index in [2.05, 4.69) is 0 Å². The van der Waals surface area contributed by atoms with Gasteiger partial charge in [0.25, 0.3) is 0 Å². The number of hydrogen-bond donors (Lipinski definition) is 2. The number of phenols is 1. The van der Waals surface area contributed by atoms with Crippen molar-refractivity contribution in [2.45, 2.75) is 6.04 Å². The third-order valence-corrected chi connectivity index (χ3v) is 3.46. The molecule has 0 fully saturated rings. The molecular formula is C11H10ClNOS. The van der Waals surface area contributed by atoms with E-state index >= 15 is 0 Å². The maximum atomic E-state index is 9.76. The van der Waals surface area contributed by atoms with Crippen LogP contribution in [0.15, 0.2) is 35.7 Å². The smallest absolute Gasteiger partial charge is 0.139 e. The van der Waals surface area contributed by atoms with Gasteiger partial charge in [0.15, 0.2) is 0 Å². The Bertz CT molecular complexity index is 456. The second-order valence-electron chi connectivity index (χ2n) is 3.17. The summed E-state index contributed by atoms with van der Waals surface area (Å²) in [6.07, 6.45) is 0. The van der Waals surface area contributed by atoms with Gasteiger partial charge in [0.2, 0.25) is 0 Å². The lowest BCUT2D eigenvalue weighted by Gasteiger charge is -2.12. The molecule has 0 saturated heterocycles. The van der Waals surface area contributed by atoms with Crippen LogP contribution < -0.4 is 5.73 Å². The van der Waals surface area contributed by atoms with Crippen molar-refractivity contribution in [3.63, 3.8) is 0 Å². The molecule has 2 rings (SSSR count). The first kappa shape index (κ1) is 10.5. The molecule has 0 unspecified atom stereocenters. The highest BCUT2D eigenvalue weighted by atomic mass is 35.5. The van der Waals surface area contributed by atoms with E-state index in [1.54, 1.807) is 29.5 Å². The fourth-order valence-electron chi connectivity index (χ4n) is 1.40. The molecule has 2 nitrogen and oxygen atoms in total. The van der Waals surface area contributed by atoms with Crippen molar-refractivity contribution in [3.05, 3.63) is 51.2 Å². The minimum Gasteiger partial charge on any atom is -0.506 e. The van der Waals surface area contributed by atoms with Crippen LogP contribution in [0.4, 0.5) is 0 Å². The molecule has 3 N–H and O–H groups in total. The van der Waals surface area contributed by atoms with Crippen molar-refractivity contribution in [2.24, 2.45) is 5.73 Å². The van der Waals surface area contributed by atoms with Crippen LogP contribution >= 0.6 is 22.9 Å². The summed E-state index contributed by atoms with van der Waals surface area (Å²) in [7, 11) is 0. The third kappa shape index (κ3) is 2.00. The summed E-state index contributed by atoms with van der Waals surface area (Å²) in [4.78, 5) is 1.01. The second kappa shape index (κ2) is 4.23. The second-order valence-corrected chi connectivity index (χ2v) is 4.56. The molecule has 15 heavy (non-hydrogen) atoms. The third-order valence-electron chi connectivity index (χ3n) is 2.20. The van der Waals surface area contributed by atoms with Gasteiger partial charge >= 0.3 is 0 Å². The summed E-state index contributed by atoms with van der Waals surface area (Å²) in [5.74, 6) is 0.0695. The molecule has 0 aliphatic carbocycles. The van der Waals surface area contributed by atoms with Gasteiger partial charge in [-0.3, -0.25) is 0 Å². The minimum atomic E-state index is -0.316. The van der Waals surface area contributed by atoms with Gasteiger partial charge in [0.1, 0.15) is 5.75 Å². The van der Waals surface area contributed by atoms with Gasteiger partial charge in [0.05, 0.1) is 11.1 Å². The zero-order chi connectivity index (χ0) is 10.8. The normalized spacial score (nSPS) is 12.7. The van der Waals surface area contributed by atoms with Crippen LogP contribution in [0, 0.1) is 0 Å². The van der Waals surface area contributed by atoms with Gasteiger partial charge in [-0.1, -0.05) is 29.8 Å². The van der Waals surface area contributed by atoms with Crippen LogP contribution in [0.1, 0.15) is 16.5 Å². The van der Waals surface area contributed by atoms with Crippen LogP contribution in [0.3, 0.4) is 0 Å². The molecule has 78 valence electrons. The molecule has 0 aliphatic rings. The Morgan fingerprint density at radius 3 is 2.73 bits per heavy atom. The highest BCUT2D eigenvalue weighted by Crippen LogP contribution is 2.34. The van der Waals surface area contributed by atoms with Gasteiger partial charge in [-0.25, -0.2) is 0 Å². The van der Waals surface area contributed by atoms with E-state index in [0.717, 1.165) is 4.88 Å². The quantitative estimate of drug-likeness (QED) is 0.846. The maximum absolute atomic E-state index is 9.76. The lowest BCUT2D eigenvalue weighted by Crippen LogP contribution is -2.10. The zero-order valence-electron chi connectivity index (χ0n) is 7.85. The van der Waals surface area contributed by atoms with E-state index in [0.29, 0.717) is 10.6 Å². The minimum absolute atomic E-state index is 0.0695. The summed E-state index contributed by atoms with van der Waals surface area (Å²) >= 11 is 7.38. The highest BCUT2D eigenvalue weighted by molar-refractivity contribution is 7.10. The fourth-order valence-corrected chi connectivity index (χ4v) is 2.33. The average Bonchev–Trinajstić information content (AvgIpc) is 2.74. The number of para-hydroxylation sites is 1. The molecule has 1 aromatic heterocycles. The fraction of sp³-hybridized carbons (Fsp3) is 0.0909. The number of rotatable bonds is 2. The first-order valence-electron chi connectivity index (χ1n) is 4.46. The first-order chi connectivity index (χ1) is 7.20. The lowest BCUT2D eigenvalue weighted by atomic mass is 10.1. The molecule has 1 atom stereocenters. The van der Waals surface area contributed by atoms with Crippen molar-refractivity contribution in [1.82, 2.24) is 0 Å². The lowest BCUT2D eigenvalue weighted by molar-refractivity contribution is 0.466. The summed E-state index contributed by atoms with van der Waals surface area (Å²) < 4.78 is 0. The molecular weight excluding hydrogens is 230 g/mol. The number of hydrogen-bond acceptors (Lipinski definition) is 3. The van der Waals surface area contributed by atoms with Crippen molar-refractivity contribution in [3.8, 4) is 5.75 Å². The molecule has 0 radical (unpaired) electrons. The number of aromatic hydroxyl groups is 1. The summed E-state index contributed by atoms with van der Waals surface area (Å²) in [6.45, 7) is 0. The Hall–Kier alpha value is -1.03. The molecule has 0 saturated carbocycles. The molecule has 4 heteroatoms. The van der Waals surface area contributed by atoms with Crippen molar-refractivity contribution >= 4 is 22.9 Å². The van der Waals surface area contributed by atoms with Crippen LogP contribution in [0.5, 0.6) is 5.75 Å². The number of thiophene rings is 1. The van der Waals surface area contributed by atoms with Crippen molar-refractivity contribution in [1.29, 1.82) is 0 Å². The van der Waals surface area contributed by atoms with Crippen LogP contribution in [-0.2, 0) is 0 Å². The zero-order valence-corrected chi connectivity index (χ0v) is 9.42. The Labute approximate surface area is 96.9 Å². The average molecular weight is 240 g/mol. The number of phenolic OH excluding ortho intramolecular Hbond substituents is 1. The highest BCUT2D eigenvalue weighted by Gasteiger charge is 2.15. The van der Waals surface area contributed by atoms with Gasteiger partial charge in [-0.15, -0.1) is 11.3 Å². The number of benzene rings is 1. The Kier molecular flexibility index (Phi) is 2.95. The molecule has 0 amide bonds. The maximum Gasteiger partial charge on any atom is 0.139 e. The molecule has 1 heterocycles. The molecule has 2 aromatic rings. The summed E-state index contributed by atoms with van der Waals surface area (Å²) in [6, 6.07) is 8.76. The van der Waals surface area contributed by atoms with E-state index in [9.17, 15) is 5.11 Å². The molecule has 0 bridgehead atoms. The van der Waals surface area contributed by atoms with E-state index in [1.807, 2.05) is 17.5 Å². The number of nitrogens with two attached hydrogens (primary N) is 1. The molecule has 0 aliphatic heterocycles. The number of halogens is 1.